The number of carboxylic acids is 1. The molecular formula is C11H14FNO4S. The Balaban J connectivity index is 2.42. The second-order valence-electron chi connectivity index (χ2n) is 3.70. The average molecular weight is 275 g/mol. The summed E-state index contributed by atoms with van der Waals surface area (Å²) in [6.45, 7) is 0.0445. The van der Waals surface area contributed by atoms with E-state index in [1.165, 1.54) is 6.07 Å². The molecule has 0 aromatic heterocycles. The first-order valence-corrected chi connectivity index (χ1v) is 6.98. The molecule has 1 aromatic carbocycles. The predicted molar refractivity (Wildman–Crippen MR) is 64.1 cm³/mol. The standard InChI is InChI=1S/C11H14FNO4S/c12-10-4-2-1-3-9(10)5-7-13-18(16,17)8-6-11(14)15/h1-4,13H,5-8H2,(H,14,15). The molecule has 18 heavy (non-hydrogen) atoms. The Labute approximate surface area is 105 Å². The van der Waals surface area contributed by atoms with Crippen LogP contribution in [0.5, 0.6) is 0 Å². The zero-order valence-electron chi connectivity index (χ0n) is 9.60. The van der Waals surface area contributed by atoms with E-state index in [9.17, 15) is 17.6 Å². The third kappa shape index (κ3) is 5.24. The molecule has 1 aromatic rings. The summed E-state index contributed by atoms with van der Waals surface area (Å²) >= 11 is 0. The fraction of sp³-hybridized carbons (Fsp3) is 0.364. The zero-order valence-corrected chi connectivity index (χ0v) is 10.4. The van der Waals surface area contributed by atoms with Crippen molar-refractivity contribution in [3.8, 4) is 0 Å². The van der Waals surface area contributed by atoms with E-state index in [1.54, 1.807) is 18.2 Å². The molecule has 0 fully saturated rings. The molecule has 0 aliphatic heterocycles. The van der Waals surface area contributed by atoms with Crippen LogP contribution in [0.3, 0.4) is 0 Å². The normalized spacial score (nSPS) is 11.4. The number of nitrogens with one attached hydrogen (secondary N) is 1. The Morgan fingerprint density at radius 1 is 1.33 bits per heavy atom. The number of carboxylic acid groups (broad SMARTS) is 1. The van der Waals surface area contributed by atoms with Crippen LogP contribution in [0, 0.1) is 5.82 Å². The fourth-order valence-electron chi connectivity index (χ4n) is 1.34. The molecular weight excluding hydrogens is 261 g/mol. The number of hydrogen-bond acceptors (Lipinski definition) is 3. The summed E-state index contributed by atoms with van der Waals surface area (Å²) in [7, 11) is -3.61. The van der Waals surface area contributed by atoms with Gasteiger partial charge < -0.3 is 5.11 Å². The molecule has 0 saturated carbocycles. The van der Waals surface area contributed by atoms with Gasteiger partial charge in [0.25, 0.3) is 0 Å². The maximum atomic E-state index is 13.2. The van der Waals surface area contributed by atoms with Crippen LogP contribution < -0.4 is 4.72 Å². The molecule has 2 N–H and O–H groups in total. The largest absolute Gasteiger partial charge is 0.481 e. The SMILES string of the molecule is O=C(O)CCS(=O)(=O)NCCc1ccccc1F. The highest BCUT2D eigenvalue weighted by atomic mass is 32.2. The van der Waals surface area contributed by atoms with Crippen molar-refractivity contribution < 1.29 is 22.7 Å². The van der Waals surface area contributed by atoms with Crippen LogP contribution in [0.4, 0.5) is 4.39 Å². The predicted octanol–water partition coefficient (Wildman–Crippen LogP) is 0.762. The minimum atomic E-state index is -3.61. The van der Waals surface area contributed by atoms with Crippen molar-refractivity contribution >= 4 is 16.0 Å². The van der Waals surface area contributed by atoms with E-state index in [2.05, 4.69) is 4.72 Å². The van der Waals surface area contributed by atoms with E-state index in [-0.39, 0.29) is 18.8 Å². The summed E-state index contributed by atoms with van der Waals surface area (Å²) in [5.74, 6) is -2.03. The molecule has 100 valence electrons. The highest BCUT2D eigenvalue weighted by Crippen LogP contribution is 2.06. The summed E-state index contributed by atoms with van der Waals surface area (Å²) in [5, 5.41) is 8.37. The lowest BCUT2D eigenvalue weighted by Gasteiger charge is -2.06. The van der Waals surface area contributed by atoms with Crippen molar-refractivity contribution in [2.24, 2.45) is 0 Å². The number of benzene rings is 1. The van der Waals surface area contributed by atoms with Gasteiger partial charge in [0, 0.05) is 6.54 Å². The fourth-order valence-corrected chi connectivity index (χ4v) is 2.34. The maximum absolute atomic E-state index is 13.2. The van der Waals surface area contributed by atoms with E-state index < -0.39 is 28.2 Å². The van der Waals surface area contributed by atoms with Crippen molar-refractivity contribution in [3.05, 3.63) is 35.6 Å². The van der Waals surface area contributed by atoms with Crippen LogP contribution in [0.2, 0.25) is 0 Å². The maximum Gasteiger partial charge on any atom is 0.304 e. The molecule has 0 saturated heterocycles. The van der Waals surface area contributed by atoms with E-state index >= 15 is 0 Å². The number of carbonyl (C=O) groups is 1. The highest BCUT2D eigenvalue weighted by molar-refractivity contribution is 7.89. The molecule has 0 atom stereocenters. The van der Waals surface area contributed by atoms with Crippen molar-refractivity contribution in [1.82, 2.24) is 4.72 Å². The van der Waals surface area contributed by atoms with Gasteiger partial charge >= 0.3 is 5.97 Å². The quantitative estimate of drug-likeness (QED) is 0.769. The smallest absolute Gasteiger partial charge is 0.304 e. The first-order valence-electron chi connectivity index (χ1n) is 5.33. The van der Waals surface area contributed by atoms with Gasteiger partial charge in [0.15, 0.2) is 0 Å². The van der Waals surface area contributed by atoms with Crippen LogP contribution >= 0.6 is 0 Å². The van der Waals surface area contributed by atoms with Crippen molar-refractivity contribution in [2.75, 3.05) is 12.3 Å². The lowest BCUT2D eigenvalue weighted by Crippen LogP contribution is -2.29. The average Bonchev–Trinajstić information content (AvgIpc) is 2.29. The van der Waals surface area contributed by atoms with Gasteiger partial charge in [-0.1, -0.05) is 18.2 Å². The second-order valence-corrected chi connectivity index (χ2v) is 5.62. The molecule has 0 bridgehead atoms. The molecule has 0 aliphatic rings. The molecule has 0 spiro atoms. The monoisotopic (exact) mass is 275 g/mol. The van der Waals surface area contributed by atoms with Gasteiger partial charge in [-0.15, -0.1) is 0 Å². The first-order chi connectivity index (χ1) is 8.41. The zero-order chi connectivity index (χ0) is 13.6. The molecule has 0 heterocycles. The molecule has 0 radical (unpaired) electrons. The third-order valence-electron chi connectivity index (χ3n) is 2.26. The van der Waals surface area contributed by atoms with E-state index in [4.69, 9.17) is 5.11 Å². The molecule has 5 nitrogen and oxygen atoms in total. The number of rotatable bonds is 7. The lowest BCUT2D eigenvalue weighted by atomic mass is 10.1. The van der Waals surface area contributed by atoms with Crippen molar-refractivity contribution in [3.63, 3.8) is 0 Å². The Bertz CT molecular complexity index is 516. The van der Waals surface area contributed by atoms with Crippen LogP contribution in [-0.4, -0.2) is 31.8 Å². The van der Waals surface area contributed by atoms with E-state index in [1.807, 2.05) is 0 Å². The van der Waals surface area contributed by atoms with Crippen LogP contribution in [0.15, 0.2) is 24.3 Å². The Morgan fingerprint density at radius 3 is 2.61 bits per heavy atom. The minimum Gasteiger partial charge on any atom is -0.481 e. The van der Waals surface area contributed by atoms with Crippen molar-refractivity contribution in [2.45, 2.75) is 12.8 Å². The Kier molecular flexibility index (Phi) is 5.24. The minimum absolute atomic E-state index is 0.0445. The summed E-state index contributed by atoms with van der Waals surface area (Å²) in [4.78, 5) is 10.2. The van der Waals surface area contributed by atoms with Gasteiger partial charge in [-0.05, 0) is 18.1 Å². The molecule has 0 aliphatic carbocycles. The van der Waals surface area contributed by atoms with Crippen molar-refractivity contribution in [1.29, 1.82) is 0 Å². The molecule has 7 heteroatoms. The Morgan fingerprint density at radius 2 is 2.00 bits per heavy atom. The van der Waals surface area contributed by atoms with Gasteiger partial charge in [0.05, 0.1) is 12.2 Å². The summed E-state index contributed by atoms with van der Waals surface area (Å²) < 4.78 is 38.1. The van der Waals surface area contributed by atoms with Crippen LogP contribution in [0.25, 0.3) is 0 Å². The number of halogens is 1. The molecule has 1 rings (SSSR count). The second kappa shape index (κ2) is 6.46. The van der Waals surface area contributed by atoms with Gasteiger partial charge in [0.1, 0.15) is 5.82 Å². The Hall–Kier alpha value is -1.47. The lowest BCUT2D eigenvalue weighted by molar-refractivity contribution is -0.136. The number of sulfonamides is 1. The molecule has 0 unspecified atom stereocenters. The topological polar surface area (TPSA) is 83.5 Å². The summed E-state index contributed by atoms with van der Waals surface area (Å²) in [6, 6.07) is 6.09. The van der Waals surface area contributed by atoms with Gasteiger partial charge in [-0.3, -0.25) is 4.79 Å². The number of hydrogen-bond donors (Lipinski definition) is 2. The van der Waals surface area contributed by atoms with E-state index in [0.717, 1.165) is 0 Å². The van der Waals surface area contributed by atoms with Gasteiger partial charge in [0.2, 0.25) is 10.0 Å². The summed E-state index contributed by atoms with van der Waals surface area (Å²) in [5.41, 5.74) is 0.415. The van der Waals surface area contributed by atoms with Gasteiger partial charge in [-0.25, -0.2) is 17.5 Å². The first kappa shape index (κ1) is 14.6. The molecule has 0 amide bonds. The van der Waals surface area contributed by atoms with E-state index in [0.29, 0.717) is 5.56 Å². The van der Waals surface area contributed by atoms with Crippen LogP contribution in [-0.2, 0) is 21.2 Å². The third-order valence-corrected chi connectivity index (χ3v) is 3.64. The summed E-state index contributed by atoms with van der Waals surface area (Å²) in [6.07, 6.45) is -0.228. The van der Waals surface area contributed by atoms with Gasteiger partial charge in [-0.2, -0.15) is 0 Å². The number of aliphatic carboxylic acids is 1. The highest BCUT2D eigenvalue weighted by Gasteiger charge is 2.12. The van der Waals surface area contributed by atoms with Crippen LogP contribution in [0.1, 0.15) is 12.0 Å².